The molecule has 0 atom stereocenters. The summed E-state index contributed by atoms with van der Waals surface area (Å²) in [5.74, 6) is -0.349. The predicted molar refractivity (Wildman–Crippen MR) is 92.2 cm³/mol. The molecular weight excluding hydrogens is 330 g/mol. The second-order valence-electron chi connectivity index (χ2n) is 6.02. The summed E-state index contributed by atoms with van der Waals surface area (Å²) < 4.78 is 10.2. The zero-order chi connectivity index (χ0) is 17.2. The Hall–Kier alpha value is -1.75. The Morgan fingerprint density at radius 1 is 1.08 bits per heavy atom. The van der Waals surface area contributed by atoms with Crippen LogP contribution in [0, 0.1) is 0 Å². The fourth-order valence-electron chi connectivity index (χ4n) is 2.76. The molecule has 0 radical (unpaired) electrons. The molecule has 24 heavy (non-hydrogen) atoms. The summed E-state index contributed by atoms with van der Waals surface area (Å²) in [6, 6.07) is 6.94. The molecule has 6 heteroatoms. The third-order valence-corrected chi connectivity index (χ3v) is 4.22. The minimum Gasteiger partial charge on any atom is -0.482 e. The summed E-state index contributed by atoms with van der Waals surface area (Å²) in [6.45, 7) is -0.523. The van der Waals surface area contributed by atoms with Crippen molar-refractivity contribution in [3.8, 4) is 5.75 Å². The lowest BCUT2D eigenvalue weighted by Crippen LogP contribution is -2.38. The van der Waals surface area contributed by atoms with Gasteiger partial charge in [-0.25, -0.2) is 4.79 Å². The largest absolute Gasteiger partial charge is 0.482 e. The summed E-state index contributed by atoms with van der Waals surface area (Å²) in [6.07, 6.45) is 8.00. The average Bonchev–Trinajstić information content (AvgIpc) is 2.53. The first-order chi connectivity index (χ1) is 11.6. The van der Waals surface area contributed by atoms with Crippen LogP contribution in [0.25, 0.3) is 0 Å². The number of hydrogen-bond acceptors (Lipinski definition) is 4. The molecule has 1 aliphatic rings. The van der Waals surface area contributed by atoms with E-state index in [1.165, 1.54) is 19.3 Å². The molecule has 1 amide bonds. The Labute approximate surface area is 147 Å². The highest BCUT2D eigenvalue weighted by molar-refractivity contribution is 6.30. The fourth-order valence-corrected chi connectivity index (χ4v) is 2.94. The van der Waals surface area contributed by atoms with E-state index < -0.39 is 5.97 Å². The van der Waals surface area contributed by atoms with Crippen molar-refractivity contribution < 1.29 is 19.1 Å². The van der Waals surface area contributed by atoms with Crippen LogP contribution in [0.15, 0.2) is 24.3 Å². The topological polar surface area (TPSA) is 64.6 Å². The van der Waals surface area contributed by atoms with Crippen LogP contribution >= 0.6 is 11.6 Å². The monoisotopic (exact) mass is 353 g/mol. The van der Waals surface area contributed by atoms with Gasteiger partial charge in [-0.2, -0.15) is 0 Å². The van der Waals surface area contributed by atoms with Crippen molar-refractivity contribution in [3.05, 3.63) is 29.3 Å². The lowest BCUT2D eigenvalue weighted by Gasteiger charge is -2.20. The van der Waals surface area contributed by atoms with Crippen LogP contribution in [0.4, 0.5) is 0 Å². The SMILES string of the molecule is O=C(COC(=O)COc1cccc(Cl)c1)NC1CCCCCCC1. The van der Waals surface area contributed by atoms with Crippen molar-refractivity contribution in [2.45, 2.75) is 51.0 Å². The molecule has 0 aliphatic heterocycles. The molecule has 1 aliphatic carbocycles. The van der Waals surface area contributed by atoms with E-state index in [1.807, 2.05) is 0 Å². The zero-order valence-electron chi connectivity index (χ0n) is 13.8. The lowest BCUT2D eigenvalue weighted by atomic mass is 9.97. The highest BCUT2D eigenvalue weighted by atomic mass is 35.5. The highest BCUT2D eigenvalue weighted by Crippen LogP contribution is 2.17. The van der Waals surface area contributed by atoms with Crippen LogP contribution in [0.3, 0.4) is 0 Å². The van der Waals surface area contributed by atoms with Crippen LogP contribution < -0.4 is 10.1 Å². The van der Waals surface area contributed by atoms with Crippen LogP contribution in [0.5, 0.6) is 5.75 Å². The van der Waals surface area contributed by atoms with Gasteiger partial charge in [0.2, 0.25) is 0 Å². The van der Waals surface area contributed by atoms with Crippen LogP contribution in [-0.2, 0) is 14.3 Å². The molecule has 1 saturated carbocycles. The summed E-state index contributed by atoms with van der Waals surface area (Å²) >= 11 is 5.83. The number of nitrogens with one attached hydrogen (secondary N) is 1. The van der Waals surface area contributed by atoms with Gasteiger partial charge in [0.25, 0.3) is 5.91 Å². The van der Waals surface area contributed by atoms with Crippen LogP contribution in [-0.4, -0.2) is 31.1 Å². The third kappa shape index (κ3) is 7.21. The fraction of sp³-hybridized carbons (Fsp3) is 0.556. The Morgan fingerprint density at radius 2 is 1.79 bits per heavy atom. The van der Waals surface area contributed by atoms with Gasteiger partial charge in [0.05, 0.1) is 0 Å². The Balaban J connectivity index is 1.64. The highest BCUT2D eigenvalue weighted by Gasteiger charge is 2.15. The number of amides is 1. The zero-order valence-corrected chi connectivity index (χ0v) is 14.5. The van der Waals surface area contributed by atoms with Crippen LogP contribution in [0.1, 0.15) is 44.9 Å². The number of ether oxygens (including phenoxy) is 2. The van der Waals surface area contributed by atoms with E-state index in [0.29, 0.717) is 10.8 Å². The van der Waals surface area contributed by atoms with Crippen molar-refractivity contribution in [2.75, 3.05) is 13.2 Å². The van der Waals surface area contributed by atoms with Crippen LogP contribution in [0.2, 0.25) is 5.02 Å². The number of carbonyl (C=O) groups is 2. The van der Waals surface area contributed by atoms with E-state index in [-0.39, 0.29) is 25.2 Å². The Morgan fingerprint density at radius 3 is 2.50 bits per heavy atom. The first kappa shape index (κ1) is 18.6. The number of carbonyl (C=O) groups excluding carboxylic acids is 2. The van der Waals surface area contributed by atoms with Crippen molar-refractivity contribution in [1.29, 1.82) is 0 Å². The van der Waals surface area contributed by atoms with Gasteiger partial charge in [-0.05, 0) is 31.0 Å². The minimum absolute atomic E-state index is 0.194. The van der Waals surface area contributed by atoms with E-state index in [9.17, 15) is 9.59 Å². The van der Waals surface area contributed by atoms with Gasteiger partial charge < -0.3 is 14.8 Å². The van der Waals surface area contributed by atoms with Gasteiger partial charge in [-0.3, -0.25) is 4.79 Å². The molecule has 1 aromatic rings. The van der Waals surface area contributed by atoms with Gasteiger partial charge in [0.15, 0.2) is 13.2 Å². The van der Waals surface area contributed by atoms with Crippen molar-refractivity contribution in [3.63, 3.8) is 0 Å². The standard InChI is InChI=1S/C18H24ClNO4/c19-14-7-6-10-16(11-14)23-13-18(22)24-12-17(21)20-15-8-4-2-1-3-5-9-15/h6-7,10-11,15H,1-5,8-9,12-13H2,(H,20,21). The number of rotatable bonds is 6. The number of esters is 1. The van der Waals surface area contributed by atoms with Crippen molar-refractivity contribution in [1.82, 2.24) is 5.32 Å². The number of benzene rings is 1. The maximum absolute atomic E-state index is 11.9. The van der Waals surface area contributed by atoms with Gasteiger partial charge >= 0.3 is 5.97 Å². The summed E-state index contributed by atoms with van der Waals surface area (Å²) in [7, 11) is 0. The first-order valence-corrected chi connectivity index (χ1v) is 8.84. The average molecular weight is 354 g/mol. The third-order valence-electron chi connectivity index (χ3n) is 3.99. The lowest BCUT2D eigenvalue weighted by molar-refractivity contribution is -0.150. The van der Waals surface area contributed by atoms with E-state index >= 15 is 0 Å². The second kappa shape index (κ2) is 10.2. The van der Waals surface area contributed by atoms with E-state index in [1.54, 1.807) is 24.3 Å². The molecule has 0 unspecified atom stereocenters. The van der Waals surface area contributed by atoms with E-state index in [4.69, 9.17) is 21.1 Å². The molecular formula is C18H24ClNO4. The molecule has 2 rings (SSSR count). The molecule has 0 saturated heterocycles. The minimum atomic E-state index is -0.581. The molecule has 1 aromatic carbocycles. The number of halogens is 1. The maximum atomic E-state index is 11.9. The molecule has 0 spiro atoms. The second-order valence-corrected chi connectivity index (χ2v) is 6.45. The normalized spacial score (nSPS) is 15.9. The van der Waals surface area contributed by atoms with Crippen molar-refractivity contribution >= 4 is 23.5 Å². The molecule has 1 N–H and O–H groups in total. The predicted octanol–water partition coefficient (Wildman–Crippen LogP) is 3.49. The Bertz CT molecular complexity index is 542. The van der Waals surface area contributed by atoms with E-state index in [2.05, 4.69) is 5.32 Å². The molecule has 0 aromatic heterocycles. The van der Waals surface area contributed by atoms with Gasteiger partial charge in [-0.15, -0.1) is 0 Å². The summed E-state index contributed by atoms with van der Waals surface area (Å²) in [4.78, 5) is 23.5. The quantitative estimate of drug-likeness (QED) is 0.795. The molecule has 1 fully saturated rings. The molecule has 0 bridgehead atoms. The maximum Gasteiger partial charge on any atom is 0.344 e. The van der Waals surface area contributed by atoms with Gasteiger partial charge in [0, 0.05) is 11.1 Å². The summed E-state index contributed by atoms with van der Waals surface area (Å²) in [5.41, 5.74) is 0. The molecule has 0 heterocycles. The van der Waals surface area contributed by atoms with Gasteiger partial charge in [0.1, 0.15) is 5.75 Å². The molecule has 132 valence electrons. The first-order valence-electron chi connectivity index (χ1n) is 8.47. The Kier molecular flexibility index (Phi) is 7.89. The van der Waals surface area contributed by atoms with E-state index in [0.717, 1.165) is 25.7 Å². The van der Waals surface area contributed by atoms with Crippen molar-refractivity contribution in [2.24, 2.45) is 0 Å². The smallest absolute Gasteiger partial charge is 0.344 e. The van der Waals surface area contributed by atoms with Gasteiger partial charge in [-0.1, -0.05) is 49.8 Å². The molecule has 5 nitrogen and oxygen atoms in total. The summed E-state index contributed by atoms with van der Waals surface area (Å²) in [5, 5.41) is 3.48. The number of hydrogen-bond donors (Lipinski definition) is 1.